The highest BCUT2D eigenvalue weighted by Crippen LogP contribution is 2.12. The van der Waals surface area contributed by atoms with E-state index >= 15 is 0 Å². The molecular formula is C22H42N6O3. The Labute approximate surface area is 187 Å². The number of carbonyl (C=O) groups is 2. The second-order valence-electron chi connectivity index (χ2n) is 9.25. The number of guanidine groups is 1. The summed E-state index contributed by atoms with van der Waals surface area (Å²) in [5, 5.41) is 6.78. The molecule has 1 atom stereocenters. The van der Waals surface area contributed by atoms with Gasteiger partial charge >= 0.3 is 6.09 Å². The lowest BCUT2D eigenvalue weighted by Gasteiger charge is -2.35. The van der Waals surface area contributed by atoms with E-state index in [0.29, 0.717) is 19.5 Å². The summed E-state index contributed by atoms with van der Waals surface area (Å²) in [6, 6.07) is 0.259. The SMILES string of the molecule is CCNC(=NCCCN1CCN(C(=O)OC(C)(C)C)CC1)NC1CCN(C(=O)CC)C1. The summed E-state index contributed by atoms with van der Waals surface area (Å²) < 4.78 is 5.46. The average molecular weight is 439 g/mol. The van der Waals surface area contributed by atoms with E-state index in [1.807, 2.05) is 32.6 Å². The van der Waals surface area contributed by atoms with Gasteiger partial charge in [-0.15, -0.1) is 0 Å². The molecule has 178 valence electrons. The largest absolute Gasteiger partial charge is 0.444 e. The Morgan fingerprint density at radius 3 is 2.39 bits per heavy atom. The Morgan fingerprint density at radius 2 is 1.77 bits per heavy atom. The van der Waals surface area contributed by atoms with Crippen molar-refractivity contribution in [3.05, 3.63) is 0 Å². The molecule has 2 aliphatic heterocycles. The Balaban J connectivity index is 1.68. The minimum Gasteiger partial charge on any atom is -0.444 e. The quantitative estimate of drug-likeness (QED) is 0.356. The maximum Gasteiger partial charge on any atom is 0.410 e. The molecule has 0 aromatic carbocycles. The van der Waals surface area contributed by atoms with Gasteiger partial charge in [-0.25, -0.2) is 4.79 Å². The van der Waals surface area contributed by atoms with Crippen LogP contribution < -0.4 is 10.6 Å². The first-order chi connectivity index (χ1) is 14.7. The van der Waals surface area contributed by atoms with Crippen LogP contribution >= 0.6 is 0 Å². The maximum absolute atomic E-state index is 12.2. The number of aliphatic imine (C=N–C) groups is 1. The number of likely N-dealkylation sites (tertiary alicyclic amines) is 1. The first-order valence-corrected chi connectivity index (χ1v) is 11.7. The zero-order chi connectivity index (χ0) is 22.9. The highest BCUT2D eigenvalue weighted by atomic mass is 16.6. The van der Waals surface area contributed by atoms with Crippen molar-refractivity contribution in [3.63, 3.8) is 0 Å². The van der Waals surface area contributed by atoms with Crippen LogP contribution in [0.5, 0.6) is 0 Å². The zero-order valence-corrected chi connectivity index (χ0v) is 20.1. The fraction of sp³-hybridized carbons (Fsp3) is 0.864. The fourth-order valence-corrected chi connectivity index (χ4v) is 3.81. The molecule has 0 spiro atoms. The van der Waals surface area contributed by atoms with E-state index in [-0.39, 0.29) is 18.0 Å². The summed E-state index contributed by atoms with van der Waals surface area (Å²) in [4.78, 5) is 34.8. The van der Waals surface area contributed by atoms with Crippen molar-refractivity contribution in [2.75, 3.05) is 58.9 Å². The summed E-state index contributed by atoms with van der Waals surface area (Å²) in [5.41, 5.74) is -0.452. The summed E-state index contributed by atoms with van der Waals surface area (Å²) in [7, 11) is 0. The van der Waals surface area contributed by atoms with Crippen LogP contribution in [0.2, 0.25) is 0 Å². The van der Waals surface area contributed by atoms with Gasteiger partial charge in [0, 0.05) is 71.4 Å². The molecule has 2 fully saturated rings. The van der Waals surface area contributed by atoms with E-state index in [9.17, 15) is 9.59 Å². The van der Waals surface area contributed by atoms with Gasteiger partial charge in [0.25, 0.3) is 0 Å². The molecule has 2 amide bonds. The predicted octanol–water partition coefficient (Wildman–Crippen LogP) is 1.50. The van der Waals surface area contributed by atoms with Gasteiger partial charge in [0.05, 0.1) is 0 Å². The third kappa shape index (κ3) is 8.93. The summed E-state index contributed by atoms with van der Waals surface area (Å²) in [6.07, 6.45) is 2.27. The monoisotopic (exact) mass is 438 g/mol. The van der Waals surface area contributed by atoms with E-state index in [0.717, 1.165) is 64.6 Å². The van der Waals surface area contributed by atoms with E-state index in [2.05, 4.69) is 22.5 Å². The third-order valence-electron chi connectivity index (χ3n) is 5.45. The Hall–Kier alpha value is -2.03. The number of hydrogen-bond acceptors (Lipinski definition) is 5. The van der Waals surface area contributed by atoms with Gasteiger partial charge < -0.3 is 25.2 Å². The molecule has 2 saturated heterocycles. The minimum atomic E-state index is -0.452. The first kappa shape index (κ1) is 25.2. The highest BCUT2D eigenvalue weighted by Gasteiger charge is 2.26. The highest BCUT2D eigenvalue weighted by molar-refractivity contribution is 5.80. The molecular weight excluding hydrogens is 396 g/mol. The van der Waals surface area contributed by atoms with E-state index in [1.165, 1.54) is 0 Å². The molecule has 2 aliphatic rings. The number of rotatable bonds is 7. The van der Waals surface area contributed by atoms with Crippen molar-refractivity contribution in [3.8, 4) is 0 Å². The molecule has 0 bridgehead atoms. The predicted molar refractivity (Wildman–Crippen MR) is 123 cm³/mol. The normalized spacial score (nSPS) is 20.7. The number of ether oxygens (including phenoxy) is 1. The minimum absolute atomic E-state index is 0.218. The topological polar surface area (TPSA) is 89.5 Å². The molecule has 1 unspecified atom stereocenters. The van der Waals surface area contributed by atoms with Crippen LogP contribution in [-0.2, 0) is 9.53 Å². The molecule has 0 saturated carbocycles. The van der Waals surface area contributed by atoms with Crippen molar-refractivity contribution in [1.29, 1.82) is 0 Å². The van der Waals surface area contributed by atoms with Gasteiger partial charge in [-0.2, -0.15) is 0 Å². The molecule has 9 nitrogen and oxygen atoms in total. The van der Waals surface area contributed by atoms with E-state index < -0.39 is 5.60 Å². The van der Waals surface area contributed by atoms with Gasteiger partial charge in [-0.3, -0.25) is 14.7 Å². The molecule has 0 radical (unpaired) electrons. The molecule has 2 heterocycles. The number of nitrogens with one attached hydrogen (secondary N) is 2. The smallest absolute Gasteiger partial charge is 0.410 e. The Bertz CT molecular complexity index is 611. The summed E-state index contributed by atoms with van der Waals surface area (Å²) in [5.74, 6) is 1.05. The van der Waals surface area contributed by atoms with Crippen molar-refractivity contribution >= 4 is 18.0 Å². The number of piperazine rings is 1. The molecule has 0 aromatic heterocycles. The summed E-state index contributed by atoms with van der Waals surface area (Å²) >= 11 is 0. The van der Waals surface area contributed by atoms with E-state index in [4.69, 9.17) is 9.73 Å². The van der Waals surface area contributed by atoms with E-state index in [1.54, 1.807) is 4.90 Å². The second kappa shape index (κ2) is 12.1. The maximum atomic E-state index is 12.2. The van der Waals surface area contributed by atoms with Crippen molar-refractivity contribution in [2.24, 2.45) is 4.99 Å². The lowest BCUT2D eigenvalue weighted by Crippen LogP contribution is -2.50. The van der Waals surface area contributed by atoms with Gasteiger partial charge in [-0.1, -0.05) is 6.92 Å². The lowest BCUT2D eigenvalue weighted by atomic mass is 10.2. The van der Waals surface area contributed by atoms with Gasteiger partial charge in [0.2, 0.25) is 5.91 Å². The molecule has 2 rings (SSSR count). The molecule has 9 heteroatoms. The number of hydrogen-bond donors (Lipinski definition) is 2. The van der Waals surface area contributed by atoms with Crippen molar-refractivity contribution in [1.82, 2.24) is 25.3 Å². The number of carbonyl (C=O) groups excluding carboxylic acids is 2. The molecule has 0 aromatic rings. The van der Waals surface area contributed by atoms with Crippen LogP contribution in [0.1, 0.15) is 53.9 Å². The van der Waals surface area contributed by atoms with Crippen LogP contribution in [0.3, 0.4) is 0 Å². The average Bonchev–Trinajstić information content (AvgIpc) is 3.18. The Kier molecular flexibility index (Phi) is 9.87. The summed E-state index contributed by atoms with van der Waals surface area (Å²) in [6.45, 7) is 16.9. The second-order valence-corrected chi connectivity index (χ2v) is 9.25. The molecule has 31 heavy (non-hydrogen) atoms. The van der Waals surface area contributed by atoms with Gasteiger partial charge in [-0.05, 0) is 40.5 Å². The molecule has 2 N–H and O–H groups in total. The third-order valence-corrected chi connectivity index (χ3v) is 5.45. The number of amides is 2. The van der Waals surface area contributed by atoms with Crippen molar-refractivity contribution in [2.45, 2.75) is 65.5 Å². The number of nitrogens with zero attached hydrogens (tertiary/aromatic N) is 4. The van der Waals surface area contributed by atoms with Crippen molar-refractivity contribution < 1.29 is 14.3 Å². The van der Waals surface area contributed by atoms with Crippen LogP contribution in [0.15, 0.2) is 4.99 Å². The van der Waals surface area contributed by atoms with Crippen LogP contribution in [-0.4, -0.2) is 103 Å². The van der Waals surface area contributed by atoms with Gasteiger partial charge in [0.15, 0.2) is 5.96 Å². The van der Waals surface area contributed by atoms with Crippen LogP contribution in [0.4, 0.5) is 4.79 Å². The Morgan fingerprint density at radius 1 is 1.06 bits per heavy atom. The van der Waals surface area contributed by atoms with Crippen LogP contribution in [0.25, 0.3) is 0 Å². The standard InChI is InChI=1S/C22H42N6O3/c1-6-19(29)28-12-9-18(17-28)25-20(23-7-2)24-10-8-11-26-13-15-27(16-14-26)21(30)31-22(3,4)5/h18H,6-17H2,1-5H3,(H2,23,24,25). The first-order valence-electron chi connectivity index (χ1n) is 11.7. The molecule has 0 aliphatic carbocycles. The zero-order valence-electron chi connectivity index (χ0n) is 20.1. The van der Waals surface area contributed by atoms with Crippen LogP contribution in [0, 0.1) is 0 Å². The lowest BCUT2D eigenvalue weighted by molar-refractivity contribution is -0.129. The van der Waals surface area contributed by atoms with Gasteiger partial charge in [0.1, 0.15) is 5.60 Å². The fourth-order valence-electron chi connectivity index (χ4n) is 3.81.